The van der Waals surface area contributed by atoms with Crippen LogP contribution in [0.3, 0.4) is 0 Å². The third-order valence-electron chi connectivity index (χ3n) is 3.61. The van der Waals surface area contributed by atoms with Gasteiger partial charge in [0, 0.05) is 24.0 Å². The molecule has 18 heavy (non-hydrogen) atoms. The molecule has 2 aliphatic rings. The van der Waals surface area contributed by atoms with Crippen molar-refractivity contribution in [2.45, 2.75) is 25.7 Å². The van der Waals surface area contributed by atoms with E-state index >= 15 is 0 Å². The van der Waals surface area contributed by atoms with Gasteiger partial charge in [-0.1, -0.05) is 17.2 Å². The molecule has 1 saturated heterocycles. The lowest BCUT2D eigenvalue weighted by Gasteiger charge is -2.27. The Hall–Kier alpha value is -1.35. The number of piperidine rings is 1. The highest BCUT2D eigenvalue weighted by Crippen LogP contribution is 2.36. The van der Waals surface area contributed by atoms with Crippen molar-refractivity contribution < 1.29 is 4.79 Å². The van der Waals surface area contributed by atoms with Gasteiger partial charge in [-0.15, -0.1) is 11.3 Å². The predicted molar refractivity (Wildman–Crippen MR) is 75.4 cm³/mol. The summed E-state index contributed by atoms with van der Waals surface area (Å²) in [6.07, 6.45) is 8.42. The van der Waals surface area contributed by atoms with E-state index < -0.39 is 0 Å². The maximum absolute atomic E-state index is 12.0. The van der Waals surface area contributed by atoms with Gasteiger partial charge in [0.1, 0.15) is 0 Å². The minimum absolute atomic E-state index is 0.156. The first-order valence-electron chi connectivity index (χ1n) is 6.53. The number of likely N-dealkylation sites (tertiary alicyclic amines) is 1. The lowest BCUT2D eigenvalue weighted by Crippen LogP contribution is -2.35. The minimum atomic E-state index is 0.156. The molecule has 1 saturated carbocycles. The maximum atomic E-state index is 12.0. The summed E-state index contributed by atoms with van der Waals surface area (Å²) in [7, 11) is 0. The fourth-order valence-corrected chi connectivity index (χ4v) is 3.03. The first-order valence-corrected chi connectivity index (χ1v) is 7.41. The van der Waals surface area contributed by atoms with Crippen molar-refractivity contribution in [2.75, 3.05) is 13.1 Å². The normalized spacial score (nSPS) is 19.7. The van der Waals surface area contributed by atoms with Gasteiger partial charge in [0.15, 0.2) is 0 Å². The molecule has 2 heterocycles. The summed E-state index contributed by atoms with van der Waals surface area (Å²) >= 11 is 1.66. The van der Waals surface area contributed by atoms with Crippen LogP contribution in [0.2, 0.25) is 0 Å². The average Bonchev–Trinajstić information content (AvgIpc) is 3.13. The van der Waals surface area contributed by atoms with Crippen molar-refractivity contribution >= 4 is 23.3 Å². The zero-order valence-electron chi connectivity index (χ0n) is 10.4. The number of hydrogen-bond donors (Lipinski definition) is 0. The number of amides is 1. The Morgan fingerprint density at radius 2 is 1.89 bits per heavy atom. The molecule has 94 valence electrons. The minimum Gasteiger partial charge on any atom is -0.339 e. The zero-order valence-corrected chi connectivity index (χ0v) is 11.2. The molecule has 3 heteroatoms. The van der Waals surface area contributed by atoms with E-state index in [2.05, 4.69) is 0 Å². The first kappa shape index (κ1) is 11.7. The van der Waals surface area contributed by atoms with Crippen molar-refractivity contribution in [3.63, 3.8) is 0 Å². The van der Waals surface area contributed by atoms with Gasteiger partial charge in [0.2, 0.25) is 5.91 Å². The van der Waals surface area contributed by atoms with Gasteiger partial charge in [-0.3, -0.25) is 4.79 Å². The van der Waals surface area contributed by atoms with E-state index in [4.69, 9.17) is 0 Å². The number of nitrogens with zero attached hydrogens (tertiary/aromatic N) is 1. The summed E-state index contributed by atoms with van der Waals surface area (Å²) < 4.78 is 0. The molecule has 1 aliphatic carbocycles. The number of carbonyl (C=O) groups is 1. The predicted octanol–water partition coefficient (Wildman–Crippen LogP) is 3.47. The van der Waals surface area contributed by atoms with Gasteiger partial charge in [-0.25, -0.2) is 0 Å². The van der Waals surface area contributed by atoms with Crippen LogP contribution in [0.4, 0.5) is 0 Å². The van der Waals surface area contributed by atoms with Crippen molar-refractivity contribution in [3.8, 4) is 0 Å². The fourth-order valence-electron chi connectivity index (χ4n) is 2.41. The summed E-state index contributed by atoms with van der Waals surface area (Å²) in [6, 6.07) is 4.03. The van der Waals surface area contributed by atoms with E-state index in [1.165, 1.54) is 12.8 Å². The summed E-state index contributed by atoms with van der Waals surface area (Å²) in [4.78, 5) is 15.1. The van der Waals surface area contributed by atoms with Crippen molar-refractivity contribution in [3.05, 3.63) is 39.6 Å². The molecule has 0 spiro atoms. The van der Waals surface area contributed by atoms with Crippen molar-refractivity contribution in [1.29, 1.82) is 0 Å². The van der Waals surface area contributed by atoms with Crippen molar-refractivity contribution in [2.24, 2.45) is 0 Å². The number of hydrogen-bond acceptors (Lipinski definition) is 2. The monoisotopic (exact) mass is 259 g/mol. The fraction of sp³-hybridized carbons (Fsp3) is 0.400. The van der Waals surface area contributed by atoms with Crippen LogP contribution in [0, 0.1) is 0 Å². The van der Waals surface area contributed by atoms with E-state index in [9.17, 15) is 4.79 Å². The molecule has 0 atom stereocenters. The second-order valence-electron chi connectivity index (χ2n) is 4.88. The average molecular weight is 259 g/mol. The van der Waals surface area contributed by atoms with Crippen LogP contribution < -0.4 is 0 Å². The molecule has 1 aliphatic heterocycles. The van der Waals surface area contributed by atoms with Crippen LogP contribution in [0.5, 0.6) is 0 Å². The molecule has 1 aromatic rings. The summed E-state index contributed by atoms with van der Waals surface area (Å²) in [5, 5.41) is 2.03. The molecule has 3 rings (SSSR count). The highest BCUT2D eigenvalue weighted by Gasteiger charge is 2.23. The van der Waals surface area contributed by atoms with E-state index in [1.54, 1.807) is 28.6 Å². The SMILES string of the molecule is O=C(/C=C/c1cccs1)N1CCC(=C2CC2)CC1. The highest BCUT2D eigenvalue weighted by atomic mass is 32.1. The Labute approximate surface area is 112 Å². The molecule has 0 unspecified atom stereocenters. The molecule has 2 fully saturated rings. The molecule has 0 bridgehead atoms. The first-order chi connectivity index (χ1) is 8.83. The molecule has 1 aromatic heterocycles. The molecular weight excluding hydrogens is 242 g/mol. The Bertz CT molecular complexity index is 483. The molecule has 0 radical (unpaired) electrons. The molecular formula is C15H17NOS. The zero-order chi connectivity index (χ0) is 12.4. The molecule has 0 N–H and O–H groups in total. The van der Waals surface area contributed by atoms with E-state index in [-0.39, 0.29) is 5.91 Å². The van der Waals surface area contributed by atoms with Crippen LogP contribution >= 0.6 is 11.3 Å². The van der Waals surface area contributed by atoms with Crippen LogP contribution in [0.25, 0.3) is 6.08 Å². The Morgan fingerprint density at radius 3 is 2.50 bits per heavy atom. The Balaban J connectivity index is 1.56. The largest absolute Gasteiger partial charge is 0.339 e. The van der Waals surface area contributed by atoms with Gasteiger partial charge in [0.05, 0.1) is 0 Å². The number of allylic oxidation sites excluding steroid dienone is 1. The number of thiophene rings is 1. The Morgan fingerprint density at radius 1 is 1.17 bits per heavy atom. The quantitative estimate of drug-likeness (QED) is 0.588. The molecule has 2 nitrogen and oxygen atoms in total. The van der Waals surface area contributed by atoms with Gasteiger partial charge >= 0.3 is 0 Å². The summed E-state index contributed by atoms with van der Waals surface area (Å²) in [6.45, 7) is 1.79. The molecule has 0 aromatic carbocycles. The van der Waals surface area contributed by atoms with Gasteiger partial charge in [-0.2, -0.15) is 0 Å². The smallest absolute Gasteiger partial charge is 0.246 e. The van der Waals surface area contributed by atoms with E-state index in [0.717, 1.165) is 30.8 Å². The maximum Gasteiger partial charge on any atom is 0.246 e. The molecule has 1 amide bonds. The van der Waals surface area contributed by atoms with E-state index in [1.807, 2.05) is 28.5 Å². The number of rotatable bonds is 2. The lowest BCUT2D eigenvalue weighted by molar-refractivity contribution is -0.126. The van der Waals surface area contributed by atoms with Gasteiger partial charge in [-0.05, 0) is 43.2 Å². The van der Waals surface area contributed by atoms with E-state index in [0.29, 0.717) is 0 Å². The second kappa shape index (κ2) is 5.11. The van der Waals surface area contributed by atoms with Crippen LogP contribution in [0.1, 0.15) is 30.6 Å². The van der Waals surface area contributed by atoms with Gasteiger partial charge < -0.3 is 4.90 Å². The topological polar surface area (TPSA) is 20.3 Å². The highest BCUT2D eigenvalue weighted by molar-refractivity contribution is 7.10. The van der Waals surface area contributed by atoms with Gasteiger partial charge in [0.25, 0.3) is 0 Å². The summed E-state index contributed by atoms with van der Waals surface area (Å²) in [5.41, 5.74) is 3.29. The standard InChI is InChI=1S/C15H17NOS/c17-15(6-5-14-2-1-11-18-14)16-9-7-13(8-10-16)12-3-4-12/h1-2,5-6,11H,3-4,7-10H2/b6-5+. The third kappa shape index (κ3) is 2.72. The second-order valence-corrected chi connectivity index (χ2v) is 5.86. The third-order valence-corrected chi connectivity index (χ3v) is 4.45. The van der Waals surface area contributed by atoms with Crippen LogP contribution in [-0.4, -0.2) is 23.9 Å². The lowest BCUT2D eigenvalue weighted by atomic mass is 10.0. The van der Waals surface area contributed by atoms with Crippen LogP contribution in [-0.2, 0) is 4.79 Å². The summed E-state index contributed by atoms with van der Waals surface area (Å²) in [5.74, 6) is 0.156. The Kier molecular flexibility index (Phi) is 3.33. The number of carbonyl (C=O) groups excluding carboxylic acids is 1. The van der Waals surface area contributed by atoms with Crippen LogP contribution in [0.15, 0.2) is 34.7 Å². The van der Waals surface area contributed by atoms with Crippen molar-refractivity contribution in [1.82, 2.24) is 4.90 Å².